The predicted molar refractivity (Wildman–Crippen MR) is 83.4 cm³/mol. The lowest BCUT2D eigenvalue weighted by atomic mass is 9.99. The van der Waals surface area contributed by atoms with E-state index in [0.29, 0.717) is 6.42 Å². The summed E-state index contributed by atoms with van der Waals surface area (Å²) in [4.78, 5) is 12.8. The van der Waals surface area contributed by atoms with Crippen LogP contribution in [0.15, 0.2) is 29.6 Å². The van der Waals surface area contributed by atoms with Gasteiger partial charge in [0, 0.05) is 10.6 Å². The second-order valence-electron chi connectivity index (χ2n) is 5.03. The van der Waals surface area contributed by atoms with Gasteiger partial charge in [-0.1, -0.05) is 19.1 Å². The quantitative estimate of drug-likeness (QED) is 0.906. The first-order valence-electron chi connectivity index (χ1n) is 6.89. The Kier molecular flexibility index (Phi) is 3.59. The Balaban J connectivity index is 1.98. The van der Waals surface area contributed by atoms with Crippen LogP contribution >= 0.6 is 11.3 Å². The van der Waals surface area contributed by atoms with Gasteiger partial charge in [0.15, 0.2) is 0 Å². The predicted octanol–water partition coefficient (Wildman–Crippen LogP) is 3.11. The third kappa shape index (κ3) is 2.25. The van der Waals surface area contributed by atoms with Crippen LogP contribution < -0.4 is 10.6 Å². The third-order valence-electron chi connectivity index (χ3n) is 3.80. The summed E-state index contributed by atoms with van der Waals surface area (Å²) in [7, 11) is 1.99. The van der Waals surface area contributed by atoms with E-state index in [2.05, 4.69) is 41.1 Å². The van der Waals surface area contributed by atoms with E-state index in [1.54, 1.807) is 11.3 Å². The van der Waals surface area contributed by atoms with Crippen LogP contribution in [0.4, 0.5) is 5.69 Å². The summed E-state index contributed by atoms with van der Waals surface area (Å²) in [6, 6.07) is 8.66. The van der Waals surface area contributed by atoms with Crippen LogP contribution in [0.5, 0.6) is 0 Å². The number of carbonyl (C=O) groups excluding carboxylic acids is 1. The molecule has 3 nitrogen and oxygen atoms in total. The van der Waals surface area contributed by atoms with Crippen LogP contribution in [-0.2, 0) is 17.6 Å². The van der Waals surface area contributed by atoms with Crippen molar-refractivity contribution < 1.29 is 4.79 Å². The highest BCUT2D eigenvalue weighted by atomic mass is 32.1. The SMILES string of the molecule is CCc1ccsc1C(NC)c1ccc2c(c1)CC(=O)N2. The molecule has 1 aliphatic rings. The first-order valence-corrected chi connectivity index (χ1v) is 7.77. The van der Waals surface area contributed by atoms with Gasteiger partial charge in [0.25, 0.3) is 0 Å². The van der Waals surface area contributed by atoms with Gasteiger partial charge in [0.05, 0.1) is 12.5 Å². The zero-order chi connectivity index (χ0) is 14.1. The molecule has 1 amide bonds. The van der Waals surface area contributed by atoms with E-state index in [1.165, 1.54) is 16.0 Å². The fourth-order valence-corrected chi connectivity index (χ4v) is 3.90. The number of hydrogen-bond donors (Lipinski definition) is 2. The summed E-state index contributed by atoms with van der Waals surface area (Å²) < 4.78 is 0. The van der Waals surface area contributed by atoms with Crippen LogP contribution in [0.2, 0.25) is 0 Å². The first kappa shape index (κ1) is 13.3. The van der Waals surface area contributed by atoms with Gasteiger partial charge in [0.1, 0.15) is 0 Å². The Morgan fingerprint density at radius 2 is 2.25 bits per heavy atom. The minimum atomic E-state index is 0.0866. The fraction of sp³-hybridized carbons (Fsp3) is 0.312. The number of hydrogen-bond acceptors (Lipinski definition) is 3. The molecule has 104 valence electrons. The molecule has 2 aromatic rings. The fourth-order valence-electron chi connectivity index (χ4n) is 2.77. The molecule has 0 spiro atoms. The highest BCUT2D eigenvalue weighted by Crippen LogP contribution is 2.33. The molecule has 1 aromatic carbocycles. The van der Waals surface area contributed by atoms with Gasteiger partial charge in [-0.15, -0.1) is 11.3 Å². The number of amides is 1. The van der Waals surface area contributed by atoms with Gasteiger partial charge in [-0.2, -0.15) is 0 Å². The normalized spacial score (nSPS) is 15.0. The lowest BCUT2D eigenvalue weighted by molar-refractivity contribution is -0.115. The third-order valence-corrected chi connectivity index (χ3v) is 4.82. The van der Waals surface area contributed by atoms with Gasteiger partial charge in [0.2, 0.25) is 5.91 Å². The van der Waals surface area contributed by atoms with Crippen molar-refractivity contribution >= 4 is 22.9 Å². The number of aryl methyl sites for hydroxylation is 1. The molecule has 0 radical (unpaired) electrons. The van der Waals surface area contributed by atoms with Crippen molar-refractivity contribution in [2.24, 2.45) is 0 Å². The second-order valence-corrected chi connectivity index (χ2v) is 5.97. The van der Waals surface area contributed by atoms with Crippen molar-refractivity contribution in [3.05, 3.63) is 51.2 Å². The van der Waals surface area contributed by atoms with Gasteiger partial charge < -0.3 is 10.6 Å². The molecular formula is C16H18N2OS. The van der Waals surface area contributed by atoms with Crippen molar-refractivity contribution in [1.82, 2.24) is 5.32 Å². The minimum absolute atomic E-state index is 0.0866. The Morgan fingerprint density at radius 3 is 3.00 bits per heavy atom. The molecule has 2 N–H and O–H groups in total. The molecule has 0 fully saturated rings. The van der Waals surface area contributed by atoms with Crippen LogP contribution in [0.25, 0.3) is 0 Å². The maximum Gasteiger partial charge on any atom is 0.228 e. The van der Waals surface area contributed by atoms with Crippen LogP contribution in [0.1, 0.15) is 34.5 Å². The number of rotatable bonds is 4. The smallest absolute Gasteiger partial charge is 0.228 e. The molecule has 20 heavy (non-hydrogen) atoms. The lowest BCUT2D eigenvalue weighted by Crippen LogP contribution is -2.17. The number of anilines is 1. The summed E-state index contributed by atoms with van der Waals surface area (Å²) in [6.45, 7) is 2.18. The van der Waals surface area contributed by atoms with Crippen molar-refractivity contribution in [3.63, 3.8) is 0 Å². The zero-order valence-corrected chi connectivity index (χ0v) is 12.5. The molecule has 3 rings (SSSR count). The molecule has 4 heteroatoms. The Morgan fingerprint density at radius 1 is 1.40 bits per heavy atom. The van der Waals surface area contributed by atoms with Gasteiger partial charge in [-0.05, 0) is 47.7 Å². The van der Waals surface area contributed by atoms with Crippen LogP contribution in [-0.4, -0.2) is 13.0 Å². The summed E-state index contributed by atoms with van der Waals surface area (Å²) >= 11 is 1.79. The van der Waals surface area contributed by atoms with Gasteiger partial charge >= 0.3 is 0 Å². The van der Waals surface area contributed by atoms with Crippen LogP contribution in [0, 0.1) is 0 Å². The standard InChI is InChI=1S/C16H18N2OS/c1-3-10-6-7-20-16(10)15(17-2)11-4-5-13-12(8-11)9-14(19)18-13/h4-8,15,17H,3,9H2,1-2H3,(H,18,19). The van der Waals surface area contributed by atoms with Gasteiger partial charge in [-0.25, -0.2) is 0 Å². The highest BCUT2D eigenvalue weighted by Gasteiger charge is 2.21. The zero-order valence-electron chi connectivity index (χ0n) is 11.7. The lowest BCUT2D eigenvalue weighted by Gasteiger charge is -2.18. The van der Waals surface area contributed by atoms with E-state index in [-0.39, 0.29) is 11.9 Å². The monoisotopic (exact) mass is 286 g/mol. The molecule has 0 aliphatic carbocycles. The molecule has 0 bridgehead atoms. The summed E-state index contributed by atoms with van der Waals surface area (Å²) in [5, 5.41) is 8.43. The largest absolute Gasteiger partial charge is 0.326 e. The topological polar surface area (TPSA) is 41.1 Å². The summed E-state index contributed by atoms with van der Waals surface area (Å²) in [5.41, 5.74) is 4.67. The number of fused-ring (bicyclic) bond motifs is 1. The molecule has 1 aliphatic heterocycles. The summed E-state index contributed by atoms with van der Waals surface area (Å²) in [6.07, 6.45) is 1.53. The second kappa shape index (κ2) is 5.38. The average molecular weight is 286 g/mol. The van der Waals surface area contributed by atoms with E-state index < -0.39 is 0 Å². The molecule has 0 saturated carbocycles. The Bertz CT molecular complexity index is 648. The van der Waals surface area contributed by atoms with Crippen molar-refractivity contribution in [2.75, 3.05) is 12.4 Å². The number of benzene rings is 1. The number of carbonyl (C=O) groups is 1. The van der Waals surface area contributed by atoms with E-state index in [4.69, 9.17) is 0 Å². The maximum absolute atomic E-state index is 11.5. The minimum Gasteiger partial charge on any atom is -0.326 e. The van der Waals surface area contributed by atoms with E-state index in [9.17, 15) is 4.79 Å². The van der Waals surface area contributed by atoms with Crippen LogP contribution in [0.3, 0.4) is 0 Å². The van der Waals surface area contributed by atoms with Crippen molar-refractivity contribution in [3.8, 4) is 0 Å². The molecule has 0 saturated heterocycles. The average Bonchev–Trinajstić information content (AvgIpc) is 3.04. The van der Waals surface area contributed by atoms with E-state index in [0.717, 1.165) is 17.7 Å². The number of nitrogens with one attached hydrogen (secondary N) is 2. The molecule has 2 heterocycles. The Hall–Kier alpha value is -1.65. The molecule has 1 unspecified atom stereocenters. The highest BCUT2D eigenvalue weighted by molar-refractivity contribution is 7.10. The van der Waals surface area contributed by atoms with Crippen molar-refractivity contribution in [2.45, 2.75) is 25.8 Å². The Labute approximate surface area is 123 Å². The number of thiophene rings is 1. The molecular weight excluding hydrogens is 268 g/mol. The van der Waals surface area contributed by atoms with Crippen molar-refractivity contribution in [1.29, 1.82) is 0 Å². The van der Waals surface area contributed by atoms with Gasteiger partial charge in [-0.3, -0.25) is 4.79 Å². The van der Waals surface area contributed by atoms with E-state index >= 15 is 0 Å². The maximum atomic E-state index is 11.5. The molecule has 1 aromatic heterocycles. The molecule has 1 atom stereocenters. The first-order chi connectivity index (χ1) is 9.72. The summed E-state index contributed by atoms with van der Waals surface area (Å²) in [5.74, 6) is 0.0866. The van der Waals surface area contributed by atoms with E-state index in [1.807, 2.05) is 13.1 Å².